The molecule has 4 rings (SSSR count). The Morgan fingerprint density at radius 1 is 1.15 bits per heavy atom. The van der Waals surface area contributed by atoms with E-state index in [0.29, 0.717) is 12.1 Å². The monoisotopic (exact) mass is 273 g/mol. The summed E-state index contributed by atoms with van der Waals surface area (Å²) in [7, 11) is 4.34. The quantitative estimate of drug-likeness (QED) is 0.876. The van der Waals surface area contributed by atoms with Gasteiger partial charge >= 0.3 is 0 Å². The van der Waals surface area contributed by atoms with Crippen molar-refractivity contribution in [1.82, 2.24) is 9.88 Å². The summed E-state index contributed by atoms with van der Waals surface area (Å²) in [6.45, 7) is 4.51. The molecular formula is C15H23N5. The highest BCUT2D eigenvalue weighted by Gasteiger charge is 2.32. The summed E-state index contributed by atoms with van der Waals surface area (Å²) >= 11 is 0. The molecule has 2 saturated heterocycles. The SMILES string of the molecule is CN(C)C1CCN(c2ccc3c(n2)N[C@H]2CCN3C2)C1. The minimum atomic E-state index is 0.596. The van der Waals surface area contributed by atoms with E-state index in [1.807, 2.05) is 0 Å². The molecule has 5 heteroatoms. The van der Waals surface area contributed by atoms with Gasteiger partial charge in [0.15, 0.2) is 5.82 Å². The lowest BCUT2D eigenvalue weighted by atomic mass is 10.2. The standard InChI is InChI=1S/C15H23N5/c1-18(2)12-6-8-20(10-12)14-4-3-13-15(17-14)16-11-5-7-19(13)9-11/h3-4,11-12H,5-10H2,1-2H3,(H,16,17)/t11-,12?/m0/s1. The van der Waals surface area contributed by atoms with Gasteiger partial charge in [0.1, 0.15) is 5.82 Å². The molecule has 0 aliphatic carbocycles. The molecular weight excluding hydrogens is 250 g/mol. The maximum Gasteiger partial charge on any atom is 0.152 e. The molecule has 2 atom stereocenters. The molecule has 3 aliphatic heterocycles. The Morgan fingerprint density at radius 3 is 2.80 bits per heavy atom. The van der Waals surface area contributed by atoms with Gasteiger partial charge in [-0.15, -0.1) is 0 Å². The van der Waals surface area contributed by atoms with Crippen molar-refractivity contribution in [2.45, 2.75) is 24.9 Å². The summed E-state index contributed by atoms with van der Waals surface area (Å²) in [5, 5.41) is 3.60. The zero-order chi connectivity index (χ0) is 13.7. The van der Waals surface area contributed by atoms with Crippen LogP contribution >= 0.6 is 0 Å². The molecule has 1 aromatic heterocycles. The van der Waals surface area contributed by atoms with Crippen LogP contribution in [0.15, 0.2) is 12.1 Å². The smallest absolute Gasteiger partial charge is 0.152 e. The average molecular weight is 273 g/mol. The van der Waals surface area contributed by atoms with E-state index in [2.05, 4.69) is 46.2 Å². The minimum Gasteiger partial charge on any atom is -0.366 e. The van der Waals surface area contributed by atoms with Crippen LogP contribution in [0.1, 0.15) is 12.8 Å². The summed E-state index contributed by atoms with van der Waals surface area (Å²) < 4.78 is 0. The summed E-state index contributed by atoms with van der Waals surface area (Å²) in [6, 6.07) is 5.69. The molecule has 0 amide bonds. The van der Waals surface area contributed by atoms with Crippen molar-refractivity contribution < 1.29 is 0 Å². The summed E-state index contributed by atoms with van der Waals surface area (Å²) in [6.07, 6.45) is 2.46. The van der Waals surface area contributed by atoms with Crippen LogP contribution in [0.5, 0.6) is 0 Å². The molecule has 1 N–H and O–H groups in total. The van der Waals surface area contributed by atoms with Crippen molar-refractivity contribution >= 4 is 17.3 Å². The van der Waals surface area contributed by atoms with Gasteiger partial charge in [-0.3, -0.25) is 0 Å². The molecule has 3 aliphatic rings. The maximum atomic E-state index is 4.88. The Balaban J connectivity index is 1.58. The normalized spacial score (nSPS) is 27.9. The van der Waals surface area contributed by atoms with Gasteiger partial charge in [-0.25, -0.2) is 4.98 Å². The van der Waals surface area contributed by atoms with Gasteiger partial charge in [0.2, 0.25) is 0 Å². The molecule has 0 aromatic carbocycles. The van der Waals surface area contributed by atoms with Crippen LogP contribution in [0, 0.1) is 0 Å². The lowest BCUT2D eigenvalue weighted by molar-refractivity contribution is 0.315. The number of nitrogens with zero attached hydrogens (tertiary/aromatic N) is 4. The van der Waals surface area contributed by atoms with Gasteiger partial charge in [0.25, 0.3) is 0 Å². The van der Waals surface area contributed by atoms with Crippen LogP contribution in [0.25, 0.3) is 0 Å². The van der Waals surface area contributed by atoms with Crippen molar-refractivity contribution in [3.63, 3.8) is 0 Å². The number of anilines is 3. The van der Waals surface area contributed by atoms with E-state index in [0.717, 1.165) is 37.8 Å². The first-order valence-electron chi connectivity index (χ1n) is 7.64. The molecule has 0 spiro atoms. The predicted octanol–water partition coefficient (Wildman–Crippen LogP) is 1.23. The first kappa shape index (κ1) is 12.3. The van der Waals surface area contributed by atoms with Gasteiger partial charge < -0.3 is 20.0 Å². The molecule has 0 saturated carbocycles. The van der Waals surface area contributed by atoms with Crippen molar-refractivity contribution in [1.29, 1.82) is 0 Å². The Hall–Kier alpha value is -1.49. The summed E-state index contributed by atoms with van der Waals surface area (Å²) in [5.74, 6) is 2.22. The average Bonchev–Trinajstić information content (AvgIpc) is 3.06. The lowest BCUT2D eigenvalue weighted by Gasteiger charge is -2.29. The van der Waals surface area contributed by atoms with Gasteiger partial charge in [0, 0.05) is 38.3 Å². The number of hydrogen-bond donors (Lipinski definition) is 1. The van der Waals surface area contributed by atoms with E-state index in [1.165, 1.54) is 18.5 Å². The van der Waals surface area contributed by atoms with Crippen molar-refractivity contribution in [2.75, 3.05) is 55.4 Å². The van der Waals surface area contributed by atoms with E-state index in [4.69, 9.17) is 4.98 Å². The molecule has 0 radical (unpaired) electrons. The highest BCUT2D eigenvalue weighted by Crippen LogP contribution is 2.36. The zero-order valence-electron chi connectivity index (χ0n) is 12.3. The van der Waals surface area contributed by atoms with Crippen molar-refractivity contribution in [2.24, 2.45) is 0 Å². The predicted molar refractivity (Wildman–Crippen MR) is 82.8 cm³/mol. The van der Waals surface area contributed by atoms with Crippen molar-refractivity contribution in [3.05, 3.63) is 12.1 Å². The molecule has 108 valence electrons. The second kappa shape index (κ2) is 4.52. The molecule has 1 aromatic rings. The molecule has 20 heavy (non-hydrogen) atoms. The van der Waals surface area contributed by atoms with E-state index in [9.17, 15) is 0 Å². The van der Waals surface area contributed by atoms with Gasteiger partial charge in [-0.1, -0.05) is 0 Å². The largest absolute Gasteiger partial charge is 0.366 e. The van der Waals surface area contributed by atoms with Crippen molar-refractivity contribution in [3.8, 4) is 0 Å². The molecule has 4 heterocycles. The Kier molecular flexibility index (Phi) is 2.77. The van der Waals surface area contributed by atoms with Gasteiger partial charge in [-0.2, -0.15) is 0 Å². The van der Waals surface area contributed by atoms with Crippen LogP contribution < -0.4 is 15.1 Å². The van der Waals surface area contributed by atoms with E-state index >= 15 is 0 Å². The molecule has 2 fully saturated rings. The highest BCUT2D eigenvalue weighted by atomic mass is 15.3. The number of hydrogen-bond acceptors (Lipinski definition) is 5. The highest BCUT2D eigenvalue weighted by molar-refractivity contribution is 5.72. The van der Waals surface area contributed by atoms with Crippen LogP contribution in [-0.4, -0.2) is 62.2 Å². The Bertz CT molecular complexity index is 515. The topological polar surface area (TPSA) is 34.6 Å². The summed E-state index contributed by atoms with van der Waals surface area (Å²) in [5.41, 5.74) is 1.28. The van der Waals surface area contributed by atoms with Crippen LogP contribution in [-0.2, 0) is 0 Å². The fourth-order valence-corrected chi connectivity index (χ4v) is 3.64. The lowest BCUT2D eigenvalue weighted by Crippen LogP contribution is -2.34. The number of rotatable bonds is 2. The Morgan fingerprint density at radius 2 is 2.00 bits per heavy atom. The number of likely N-dealkylation sites (N-methyl/N-ethyl adjacent to an activating group) is 1. The number of pyridine rings is 1. The van der Waals surface area contributed by atoms with Crippen LogP contribution in [0.3, 0.4) is 0 Å². The maximum absolute atomic E-state index is 4.88. The third-order valence-corrected chi connectivity index (χ3v) is 4.95. The fourth-order valence-electron chi connectivity index (χ4n) is 3.64. The summed E-state index contributed by atoms with van der Waals surface area (Å²) in [4.78, 5) is 12.1. The first-order chi connectivity index (χ1) is 9.70. The third-order valence-electron chi connectivity index (χ3n) is 4.95. The third kappa shape index (κ3) is 1.92. The fraction of sp³-hybridized carbons (Fsp3) is 0.667. The molecule has 1 unspecified atom stereocenters. The van der Waals surface area contributed by atoms with E-state index in [-0.39, 0.29) is 0 Å². The number of nitrogens with one attached hydrogen (secondary N) is 1. The molecule has 2 bridgehead atoms. The van der Waals surface area contributed by atoms with E-state index in [1.54, 1.807) is 0 Å². The Labute approximate surface area is 120 Å². The second-order valence-electron chi connectivity index (χ2n) is 6.47. The number of aromatic nitrogens is 1. The second-order valence-corrected chi connectivity index (χ2v) is 6.47. The van der Waals surface area contributed by atoms with Crippen LogP contribution in [0.4, 0.5) is 17.3 Å². The van der Waals surface area contributed by atoms with E-state index < -0.39 is 0 Å². The zero-order valence-corrected chi connectivity index (χ0v) is 12.3. The minimum absolute atomic E-state index is 0.596. The first-order valence-corrected chi connectivity index (χ1v) is 7.64. The number of fused-ring (bicyclic) bond motifs is 4. The van der Waals surface area contributed by atoms with Crippen LogP contribution in [0.2, 0.25) is 0 Å². The molecule has 5 nitrogen and oxygen atoms in total. The van der Waals surface area contributed by atoms with Gasteiger partial charge in [-0.05, 0) is 39.1 Å². The van der Waals surface area contributed by atoms with Gasteiger partial charge in [0.05, 0.1) is 5.69 Å².